The molecule has 1 saturated carbocycles. The van der Waals surface area contributed by atoms with E-state index in [0.29, 0.717) is 12.2 Å². The van der Waals surface area contributed by atoms with Gasteiger partial charge in [0, 0.05) is 27.9 Å². The van der Waals surface area contributed by atoms with Crippen LogP contribution in [0.1, 0.15) is 49.6 Å². The van der Waals surface area contributed by atoms with Crippen LogP contribution in [0.3, 0.4) is 0 Å². The fourth-order valence-corrected chi connectivity index (χ4v) is 5.10. The molecule has 3 aromatic rings. The molecule has 0 spiro atoms. The van der Waals surface area contributed by atoms with E-state index < -0.39 is 5.41 Å². The zero-order valence-electron chi connectivity index (χ0n) is 16.5. The molecule has 1 aliphatic carbocycles. The largest absolute Gasteiger partial charge is 0.325 e. The molecule has 1 fully saturated rings. The summed E-state index contributed by atoms with van der Waals surface area (Å²) in [7, 11) is 0. The van der Waals surface area contributed by atoms with Crippen molar-refractivity contribution in [1.82, 2.24) is 9.97 Å². The summed E-state index contributed by atoms with van der Waals surface area (Å²) in [5.74, 6) is 0.580. The van der Waals surface area contributed by atoms with Crippen molar-refractivity contribution >= 4 is 22.9 Å². The summed E-state index contributed by atoms with van der Waals surface area (Å²) in [6.07, 6.45) is 5.78. The number of H-pyrrole nitrogens is 1. The van der Waals surface area contributed by atoms with Crippen LogP contribution in [-0.4, -0.2) is 15.9 Å². The Morgan fingerprint density at radius 1 is 1.17 bits per heavy atom. The molecule has 2 aromatic heterocycles. The average Bonchev–Trinajstić information content (AvgIpc) is 3.29. The van der Waals surface area contributed by atoms with Gasteiger partial charge in [-0.05, 0) is 42.8 Å². The molecular weight excluding hydrogens is 382 g/mol. The molecule has 150 valence electrons. The quantitative estimate of drug-likeness (QED) is 0.632. The number of nitrogens with one attached hydrogen (secondary N) is 2. The van der Waals surface area contributed by atoms with E-state index in [1.807, 2.05) is 42.6 Å². The van der Waals surface area contributed by atoms with Crippen LogP contribution in [0.5, 0.6) is 0 Å². The number of nitrogens with zero attached hydrogens (tertiary/aromatic N) is 1. The molecule has 29 heavy (non-hydrogen) atoms. The lowest BCUT2D eigenvalue weighted by atomic mass is 9.72. The van der Waals surface area contributed by atoms with E-state index in [0.717, 1.165) is 47.5 Å². The van der Waals surface area contributed by atoms with Crippen molar-refractivity contribution in [3.8, 4) is 11.4 Å². The van der Waals surface area contributed by atoms with Gasteiger partial charge in [-0.25, -0.2) is 4.98 Å². The van der Waals surface area contributed by atoms with Crippen LogP contribution in [-0.2, 0) is 16.6 Å². The van der Waals surface area contributed by atoms with Crippen molar-refractivity contribution in [3.63, 3.8) is 0 Å². The first kappa shape index (κ1) is 19.6. The van der Waals surface area contributed by atoms with E-state index in [4.69, 9.17) is 0 Å². The summed E-state index contributed by atoms with van der Waals surface area (Å²) >= 11 is 1.66. The van der Waals surface area contributed by atoms with Gasteiger partial charge in [0.15, 0.2) is 0 Å². The van der Waals surface area contributed by atoms with Crippen LogP contribution in [0.25, 0.3) is 11.4 Å². The van der Waals surface area contributed by atoms with E-state index in [9.17, 15) is 9.59 Å². The molecule has 0 bridgehead atoms. The Morgan fingerprint density at radius 2 is 2.00 bits per heavy atom. The number of hydrogen-bond donors (Lipinski definition) is 2. The molecule has 2 heterocycles. The number of rotatable bonds is 5. The number of aromatic amines is 1. The van der Waals surface area contributed by atoms with Crippen LogP contribution < -0.4 is 10.9 Å². The highest BCUT2D eigenvalue weighted by Crippen LogP contribution is 2.42. The molecule has 1 aromatic carbocycles. The van der Waals surface area contributed by atoms with Gasteiger partial charge in [0.05, 0.1) is 5.41 Å². The molecule has 4 rings (SSSR count). The molecular formula is C23H25N3O2S. The Kier molecular flexibility index (Phi) is 5.62. The van der Waals surface area contributed by atoms with Gasteiger partial charge in [0.25, 0.3) is 5.56 Å². The number of anilines is 1. The molecule has 0 radical (unpaired) electrons. The third-order valence-electron chi connectivity index (χ3n) is 5.69. The SMILES string of the molecule is CCc1cc(=O)[nH]c(-c2cccc(NC(=O)C3(c4cccs4)CCCCC3)c2)n1. The van der Waals surface area contributed by atoms with E-state index in [2.05, 4.69) is 21.4 Å². The van der Waals surface area contributed by atoms with Crippen molar-refractivity contribution < 1.29 is 4.79 Å². The minimum Gasteiger partial charge on any atom is -0.325 e. The highest BCUT2D eigenvalue weighted by Gasteiger charge is 2.42. The zero-order chi connectivity index (χ0) is 20.3. The van der Waals surface area contributed by atoms with Crippen molar-refractivity contribution in [1.29, 1.82) is 0 Å². The number of benzene rings is 1. The maximum absolute atomic E-state index is 13.4. The number of carbonyl (C=O) groups excluding carboxylic acids is 1. The average molecular weight is 408 g/mol. The Hall–Kier alpha value is -2.73. The first-order valence-corrected chi connectivity index (χ1v) is 11.0. The maximum atomic E-state index is 13.4. The lowest BCUT2D eigenvalue weighted by molar-refractivity contribution is -0.122. The summed E-state index contributed by atoms with van der Waals surface area (Å²) in [5, 5.41) is 5.19. The number of aromatic nitrogens is 2. The normalized spacial score (nSPS) is 15.8. The van der Waals surface area contributed by atoms with E-state index in [1.165, 1.54) is 12.5 Å². The monoisotopic (exact) mass is 407 g/mol. The topological polar surface area (TPSA) is 74.8 Å². The van der Waals surface area contributed by atoms with Gasteiger partial charge in [-0.2, -0.15) is 0 Å². The number of amides is 1. The standard InChI is InChI=1S/C23H25N3O2S/c1-2-17-15-20(27)26-21(24-17)16-8-6-9-18(14-16)25-22(28)23(11-4-3-5-12-23)19-10-7-13-29-19/h6-10,13-15H,2-5,11-12H2,1H3,(H,25,28)(H,24,26,27). The first-order chi connectivity index (χ1) is 14.1. The second kappa shape index (κ2) is 8.33. The number of hydrogen-bond acceptors (Lipinski definition) is 4. The number of carbonyl (C=O) groups is 1. The van der Waals surface area contributed by atoms with E-state index >= 15 is 0 Å². The smallest absolute Gasteiger partial charge is 0.251 e. The summed E-state index contributed by atoms with van der Waals surface area (Å²) in [4.78, 5) is 33.8. The second-order valence-corrected chi connectivity index (χ2v) is 8.54. The highest BCUT2D eigenvalue weighted by molar-refractivity contribution is 7.10. The maximum Gasteiger partial charge on any atom is 0.251 e. The van der Waals surface area contributed by atoms with Gasteiger partial charge in [-0.1, -0.05) is 44.4 Å². The third-order valence-corrected chi connectivity index (χ3v) is 6.76. The molecule has 1 aliphatic rings. The molecule has 5 nitrogen and oxygen atoms in total. The summed E-state index contributed by atoms with van der Waals surface area (Å²) in [5.41, 5.74) is 1.64. The molecule has 0 atom stereocenters. The molecule has 1 amide bonds. The zero-order valence-corrected chi connectivity index (χ0v) is 17.3. The van der Waals surface area contributed by atoms with Crippen molar-refractivity contribution in [3.05, 3.63) is 68.8 Å². The van der Waals surface area contributed by atoms with E-state index in [1.54, 1.807) is 11.3 Å². The fraction of sp³-hybridized carbons (Fsp3) is 0.348. The summed E-state index contributed by atoms with van der Waals surface area (Å²) in [6, 6.07) is 13.1. The van der Waals surface area contributed by atoms with E-state index in [-0.39, 0.29) is 11.5 Å². The van der Waals surface area contributed by atoms with Crippen LogP contribution in [0, 0.1) is 0 Å². The van der Waals surface area contributed by atoms with Gasteiger partial charge >= 0.3 is 0 Å². The molecule has 2 N–H and O–H groups in total. The Morgan fingerprint density at radius 3 is 2.72 bits per heavy atom. The predicted molar refractivity (Wildman–Crippen MR) is 117 cm³/mol. The van der Waals surface area contributed by atoms with Crippen molar-refractivity contribution in [2.45, 2.75) is 50.9 Å². The summed E-state index contributed by atoms with van der Waals surface area (Å²) in [6.45, 7) is 1.97. The second-order valence-electron chi connectivity index (χ2n) is 7.59. The Bertz CT molecular complexity index is 1050. The van der Waals surface area contributed by atoms with Crippen molar-refractivity contribution in [2.24, 2.45) is 0 Å². The van der Waals surface area contributed by atoms with Crippen LogP contribution in [0.15, 0.2) is 52.6 Å². The minimum absolute atomic E-state index is 0.0561. The van der Waals surface area contributed by atoms with Crippen LogP contribution >= 0.6 is 11.3 Å². The molecule has 0 unspecified atom stereocenters. The Balaban J connectivity index is 1.63. The van der Waals surface area contributed by atoms with Gasteiger partial charge in [0.2, 0.25) is 5.91 Å². The minimum atomic E-state index is -0.447. The fourth-order valence-electron chi connectivity index (χ4n) is 4.11. The molecule has 0 saturated heterocycles. The number of aryl methyl sites for hydroxylation is 1. The third kappa shape index (κ3) is 4.03. The van der Waals surface area contributed by atoms with Gasteiger partial charge in [-0.15, -0.1) is 11.3 Å². The van der Waals surface area contributed by atoms with Crippen LogP contribution in [0.4, 0.5) is 5.69 Å². The summed E-state index contributed by atoms with van der Waals surface area (Å²) < 4.78 is 0. The molecule has 0 aliphatic heterocycles. The van der Waals surface area contributed by atoms with Crippen molar-refractivity contribution in [2.75, 3.05) is 5.32 Å². The lowest BCUT2D eigenvalue weighted by Crippen LogP contribution is -2.41. The van der Waals surface area contributed by atoms with Gasteiger partial charge in [-0.3, -0.25) is 9.59 Å². The van der Waals surface area contributed by atoms with Crippen LogP contribution in [0.2, 0.25) is 0 Å². The predicted octanol–water partition coefficient (Wildman–Crippen LogP) is 4.90. The van der Waals surface area contributed by atoms with Gasteiger partial charge < -0.3 is 10.3 Å². The highest BCUT2D eigenvalue weighted by atomic mass is 32.1. The van der Waals surface area contributed by atoms with Gasteiger partial charge in [0.1, 0.15) is 5.82 Å². The Labute approximate surface area is 174 Å². The molecule has 6 heteroatoms. The first-order valence-electron chi connectivity index (χ1n) is 10.2. The lowest BCUT2D eigenvalue weighted by Gasteiger charge is -2.35. The number of thiophene rings is 1.